The molecular weight excluding hydrogens is 251 g/mol. The molecule has 1 radical (unpaired) electrons. The van der Waals surface area contributed by atoms with E-state index in [0.29, 0.717) is 0 Å². The van der Waals surface area contributed by atoms with Gasteiger partial charge in [-0.15, -0.1) is 0 Å². The number of nitrogens with zero attached hydrogens (tertiary/aromatic N) is 2. The summed E-state index contributed by atoms with van der Waals surface area (Å²) in [7, 11) is 2.13. The Balaban J connectivity index is 0.00000256. The second-order valence-electron chi connectivity index (χ2n) is 4.98. The van der Waals surface area contributed by atoms with Gasteiger partial charge < -0.3 is 9.80 Å². The summed E-state index contributed by atoms with van der Waals surface area (Å²) in [6.45, 7) is 4.59. The van der Waals surface area contributed by atoms with Crippen LogP contribution in [0, 0.1) is 0 Å². The van der Waals surface area contributed by atoms with Crippen LogP contribution in [0.25, 0.3) is 0 Å². The van der Waals surface area contributed by atoms with Gasteiger partial charge in [0.25, 0.3) is 0 Å². The molecule has 0 spiro atoms. The minimum atomic E-state index is 0. The van der Waals surface area contributed by atoms with Gasteiger partial charge in [0.2, 0.25) is 0 Å². The van der Waals surface area contributed by atoms with Gasteiger partial charge >= 0.3 is 0 Å². The molecule has 0 aromatic carbocycles. The van der Waals surface area contributed by atoms with Gasteiger partial charge in [-0.2, -0.15) is 0 Å². The largest absolute Gasteiger partial charge is 0.362 e. The summed E-state index contributed by atoms with van der Waals surface area (Å²) >= 11 is 0. The van der Waals surface area contributed by atoms with Gasteiger partial charge in [0.05, 0.1) is 6.67 Å². The Morgan fingerprint density at radius 1 is 0.882 bits per heavy atom. The summed E-state index contributed by atoms with van der Waals surface area (Å²) < 4.78 is 0. The summed E-state index contributed by atoms with van der Waals surface area (Å²) in [6, 6.07) is 0. The van der Waals surface area contributed by atoms with Crippen LogP contribution in [-0.2, 0) is 17.1 Å². The van der Waals surface area contributed by atoms with Crippen molar-refractivity contribution in [1.29, 1.82) is 0 Å². The van der Waals surface area contributed by atoms with Crippen LogP contribution in [0.1, 0.15) is 58.3 Å². The number of hydrogen-bond acceptors (Lipinski definition) is 2. The summed E-state index contributed by atoms with van der Waals surface area (Å²) in [4.78, 5) is 4.63. The molecule has 17 heavy (non-hydrogen) atoms. The van der Waals surface area contributed by atoms with Gasteiger partial charge in [-0.05, 0) is 6.42 Å². The van der Waals surface area contributed by atoms with E-state index in [9.17, 15) is 0 Å². The fourth-order valence-electron chi connectivity index (χ4n) is 2.18. The summed E-state index contributed by atoms with van der Waals surface area (Å²) in [5.41, 5.74) is 0. The second-order valence-corrected chi connectivity index (χ2v) is 4.98. The molecule has 0 bridgehead atoms. The van der Waals surface area contributed by atoms with Crippen LogP contribution < -0.4 is 0 Å². The maximum Gasteiger partial charge on any atom is 0.0890 e. The molecule has 1 heterocycles. The molecule has 0 unspecified atom stereocenters. The average Bonchev–Trinajstić information content (AvgIpc) is 2.68. The first kappa shape index (κ1) is 16.9. The Hall–Kier alpha value is -0.141. The van der Waals surface area contributed by atoms with Crippen molar-refractivity contribution in [2.24, 2.45) is 0 Å². The van der Waals surface area contributed by atoms with Crippen LogP contribution in [0.3, 0.4) is 0 Å². The van der Waals surface area contributed by atoms with E-state index in [2.05, 4.69) is 36.2 Å². The fraction of sp³-hybridized carbons (Fsp3) is 0.857. The molecule has 0 amide bonds. The third-order valence-corrected chi connectivity index (χ3v) is 3.24. The Bertz CT molecular complexity index is 195. The van der Waals surface area contributed by atoms with Crippen molar-refractivity contribution in [2.45, 2.75) is 58.3 Å². The van der Waals surface area contributed by atoms with Crippen molar-refractivity contribution in [1.82, 2.24) is 9.80 Å². The first-order valence-corrected chi connectivity index (χ1v) is 6.95. The van der Waals surface area contributed by atoms with E-state index in [1.165, 1.54) is 57.9 Å². The molecule has 0 aromatic rings. The molecule has 0 N–H and O–H groups in total. The monoisotopic (exact) mass is 279 g/mol. The Morgan fingerprint density at radius 2 is 1.47 bits per heavy atom. The zero-order chi connectivity index (χ0) is 11.6. The minimum absolute atomic E-state index is 0. The van der Waals surface area contributed by atoms with Crippen LogP contribution in [0.2, 0.25) is 0 Å². The van der Waals surface area contributed by atoms with Crippen LogP contribution in [0.4, 0.5) is 0 Å². The fourth-order valence-corrected chi connectivity index (χ4v) is 2.18. The molecule has 1 aliphatic rings. The Morgan fingerprint density at radius 3 is 2.00 bits per heavy atom. The van der Waals surface area contributed by atoms with E-state index >= 15 is 0 Å². The van der Waals surface area contributed by atoms with E-state index in [4.69, 9.17) is 0 Å². The molecule has 101 valence electrons. The van der Waals surface area contributed by atoms with Crippen molar-refractivity contribution in [2.75, 3.05) is 20.3 Å². The van der Waals surface area contributed by atoms with Crippen LogP contribution in [-0.4, -0.2) is 30.1 Å². The summed E-state index contributed by atoms with van der Waals surface area (Å²) in [5, 5.41) is 0. The van der Waals surface area contributed by atoms with Crippen LogP contribution in [0.5, 0.6) is 0 Å². The maximum atomic E-state index is 2.40. The third-order valence-electron chi connectivity index (χ3n) is 3.24. The number of hydrogen-bond donors (Lipinski definition) is 0. The molecule has 0 saturated carbocycles. The zero-order valence-corrected chi connectivity index (χ0v) is 12.7. The maximum absolute atomic E-state index is 2.40. The van der Waals surface area contributed by atoms with E-state index < -0.39 is 0 Å². The molecule has 0 aromatic heterocycles. The minimum Gasteiger partial charge on any atom is -0.362 e. The van der Waals surface area contributed by atoms with E-state index in [1.54, 1.807) is 0 Å². The van der Waals surface area contributed by atoms with Crippen LogP contribution >= 0.6 is 0 Å². The van der Waals surface area contributed by atoms with Gasteiger partial charge in [0.1, 0.15) is 0 Å². The standard InChI is InChI=1S/C14H28N2.Mn/c1-3-4-5-6-7-8-9-10-11-16-13-12-15(2)14-16;/h12-13H,3-11,14H2,1-2H3;. The molecule has 1 aliphatic heterocycles. The molecule has 0 fully saturated rings. The predicted molar refractivity (Wildman–Crippen MR) is 71.1 cm³/mol. The van der Waals surface area contributed by atoms with Crippen molar-refractivity contribution in [3.63, 3.8) is 0 Å². The molecule has 0 saturated heterocycles. The first-order chi connectivity index (χ1) is 7.83. The molecule has 0 atom stereocenters. The molecule has 3 heteroatoms. The second kappa shape index (κ2) is 11.0. The van der Waals surface area contributed by atoms with Gasteiger partial charge in [0, 0.05) is 43.1 Å². The van der Waals surface area contributed by atoms with Crippen molar-refractivity contribution in [3.8, 4) is 0 Å². The van der Waals surface area contributed by atoms with Crippen molar-refractivity contribution < 1.29 is 17.1 Å². The third kappa shape index (κ3) is 8.56. The summed E-state index contributed by atoms with van der Waals surface area (Å²) in [6.07, 6.45) is 15.7. The molecule has 1 rings (SSSR count). The van der Waals surface area contributed by atoms with Crippen LogP contribution in [0.15, 0.2) is 12.4 Å². The molecular formula is C14H28MnN2. The van der Waals surface area contributed by atoms with Gasteiger partial charge in [-0.25, -0.2) is 0 Å². The van der Waals surface area contributed by atoms with E-state index in [1.807, 2.05) is 0 Å². The SMILES string of the molecule is CCCCCCCCCCN1C=CN(C)C1.[Mn]. The topological polar surface area (TPSA) is 6.48 Å². The Labute approximate surface area is 118 Å². The van der Waals surface area contributed by atoms with E-state index in [0.717, 1.165) is 6.67 Å². The predicted octanol–water partition coefficient (Wildman–Crippen LogP) is 3.80. The Kier molecular flexibility index (Phi) is 10.9. The van der Waals surface area contributed by atoms with E-state index in [-0.39, 0.29) is 17.1 Å². The van der Waals surface area contributed by atoms with Gasteiger partial charge in [-0.3, -0.25) is 0 Å². The molecule has 0 aliphatic carbocycles. The molecule has 2 nitrogen and oxygen atoms in total. The zero-order valence-electron chi connectivity index (χ0n) is 11.5. The van der Waals surface area contributed by atoms with Gasteiger partial charge in [-0.1, -0.05) is 51.9 Å². The van der Waals surface area contributed by atoms with Crippen molar-refractivity contribution >= 4 is 0 Å². The van der Waals surface area contributed by atoms with Gasteiger partial charge in [0.15, 0.2) is 0 Å². The summed E-state index contributed by atoms with van der Waals surface area (Å²) in [5.74, 6) is 0. The number of unbranched alkanes of at least 4 members (excludes halogenated alkanes) is 7. The average molecular weight is 279 g/mol. The number of rotatable bonds is 9. The smallest absolute Gasteiger partial charge is 0.0890 e. The normalized spacial score (nSPS) is 14.2. The quantitative estimate of drug-likeness (QED) is 0.468. The van der Waals surface area contributed by atoms with Crippen molar-refractivity contribution in [3.05, 3.63) is 12.4 Å². The first-order valence-electron chi connectivity index (χ1n) is 6.95.